The molecule has 0 aromatic heterocycles. The Balaban J connectivity index is 2.09. The van der Waals surface area contributed by atoms with Gasteiger partial charge in [-0.2, -0.15) is 0 Å². The Morgan fingerprint density at radius 2 is 1.95 bits per heavy atom. The average Bonchev–Trinajstić information content (AvgIpc) is 2.51. The number of rotatable bonds is 6. The van der Waals surface area contributed by atoms with Crippen molar-refractivity contribution in [2.45, 2.75) is 19.9 Å². The van der Waals surface area contributed by atoms with E-state index in [2.05, 4.69) is 16.7 Å². The molecule has 2 rings (SSSR count). The lowest BCUT2D eigenvalue weighted by Crippen LogP contribution is -2.48. The van der Waals surface area contributed by atoms with Crippen LogP contribution >= 0.6 is 11.6 Å². The molecule has 0 spiro atoms. The van der Waals surface area contributed by atoms with Crippen molar-refractivity contribution in [2.24, 2.45) is 0 Å². The van der Waals surface area contributed by atoms with Gasteiger partial charge in [0.2, 0.25) is 0 Å². The van der Waals surface area contributed by atoms with Crippen LogP contribution in [0.3, 0.4) is 0 Å². The van der Waals surface area contributed by atoms with E-state index >= 15 is 0 Å². The summed E-state index contributed by atoms with van der Waals surface area (Å²) < 4.78 is 5.46. The van der Waals surface area contributed by atoms with Crippen LogP contribution in [0.25, 0.3) is 0 Å². The highest BCUT2D eigenvalue weighted by Gasteiger charge is 2.24. The number of likely N-dealkylation sites (N-methyl/N-ethyl adjacent to an activating group) is 1. The molecule has 5 heteroatoms. The molecule has 1 aromatic rings. The van der Waals surface area contributed by atoms with Crippen LogP contribution in [-0.4, -0.2) is 60.8 Å². The summed E-state index contributed by atoms with van der Waals surface area (Å²) in [5.74, 6) is 0.704. The maximum absolute atomic E-state index is 9.79. The minimum atomic E-state index is 0.0113. The van der Waals surface area contributed by atoms with Gasteiger partial charge in [-0.1, -0.05) is 24.6 Å². The molecule has 1 atom stereocenters. The lowest BCUT2D eigenvalue weighted by atomic mass is 10.0. The quantitative estimate of drug-likeness (QED) is 0.875. The SMILES string of the molecule is CCOc1ccc(C(CO)N2CCN(CC)CC2)cc1Cl. The zero-order chi connectivity index (χ0) is 15.2. The largest absolute Gasteiger partial charge is 0.492 e. The molecule has 1 unspecified atom stereocenters. The lowest BCUT2D eigenvalue weighted by Gasteiger charge is -2.38. The zero-order valence-corrected chi connectivity index (χ0v) is 13.6. The van der Waals surface area contributed by atoms with Gasteiger partial charge in [0.25, 0.3) is 0 Å². The molecule has 1 heterocycles. The number of aliphatic hydroxyl groups excluding tert-OH is 1. The topological polar surface area (TPSA) is 35.9 Å². The summed E-state index contributed by atoms with van der Waals surface area (Å²) in [5, 5.41) is 10.4. The van der Waals surface area contributed by atoms with Crippen molar-refractivity contribution in [3.05, 3.63) is 28.8 Å². The molecule has 1 fully saturated rings. The summed E-state index contributed by atoms with van der Waals surface area (Å²) in [6.07, 6.45) is 0. The van der Waals surface area contributed by atoms with Gasteiger partial charge in [-0.25, -0.2) is 0 Å². The van der Waals surface area contributed by atoms with E-state index in [-0.39, 0.29) is 12.6 Å². The molecule has 0 aliphatic carbocycles. The second kappa shape index (κ2) is 7.99. The number of hydrogen-bond acceptors (Lipinski definition) is 4. The Hall–Kier alpha value is -0.810. The number of hydrogen-bond donors (Lipinski definition) is 1. The molecule has 1 aromatic carbocycles. The van der Waals surface area contributed by atoms with Crippen LogP contribution in [0.15, 0.2) is 18.2 Å². The van der Waals surface area contributed by atoms with Gasteiger partial charge < -0.3 is 14.7 Å². The summed E-state index contributed by atoms with van der Waals surface area (Å²) in [5.41, 5.74) is 1.05. The molecule has 0 radical (unpaired) electrons. The summed E-state index contributed by atoms with van der Waals surface area (Å²) in [6, 6.07) is 5.83. The molecule has 21 heavy (non-hydrogen) atoms. The summed E-state index contributed by atoms with van der Waals surface area (Å²) in [4.78, 5) is 4.76. The van der Waals surface area contributed by atoms with Gasteiger partial charge in [0.1, 0.15) is 5.75 Å². The van der Waals surface area contributed by atoms with Gasteiger partial charge in [-0.3, -0.25) is 4.90 Å². The van der Waals surface area contributed by atoms with Crippen molar-refractivity contribution in [1.29, 1.82) is 0 Å². The van der Waals surface area contributed by atoms with Gasteiger partial charge in [0.05, 0.1) is 24.3 Å². The molecule has 1 N–H and O–H groups in total. The van der Waals surface area contributed by atoms with Crippen molar-refractivity contribution in [3.8, 4) is 5.75 Å². The van der Waals surface area contributed by atoms with Crippen LogP contribution < -0.4 is 4.74 Å². The molecule has 118 valence electrons. The molecule has 1 aliphatic heterocycles. The summed E-state index contributed by atoms with van der Waals surface area (Å²) in [7, 11) is 0. The maximum Gasteiger partial charge on any atom is 0.137 e. The van der Waals surface area contributed by atoms with E-state index < -0.39 is 0 Å². The zero-order valence-electron chi connectivity index (χ0n) is 12.9. The van der Waals surface area contributed by atoms with Gasteiger partial charge in [0, 0.05) is 26.2 Å². The van der Waals surface area contributed by atoms with Gasteiger partial charge >= 0.3 is 0 Å². The van der Waals surface area contributed by atoms with Crippen molar-refractivity contribution in [3.63, 3.8) is 0 Å². The Morgan fingerprint density at radius 1 is 1.24 bits per heavy atom. The fourth-order valence-electron chi connectivity index (χ4n) is 2.82. The van der Waals surface area contributed by atoms with Gasteiger partial charge in [-0.15, -0.1) is 0 Å². The Morgan fingerprint density at radius 3 is 2.48 bits per heavy atom. The van der Waals surface area contributed by atoms with Crippen LogP contribution in [0.1, 0.15) is 25.5 Å². The minimum absolute atomic E-state index is 0.0113. The number of benzene rings is 1. The Labute approximate surface area is 132 Å². The average molecular weight is 313 g/mol. The van der Waals surface area contributed by atoms with Crippen molar-refractivity contribution in [1.82, 2.24) is 9.80 Å². The third-order valence-corrected chi connectivity index (χ3v) is 4.40. The summed E-state index contributed by atoms with van der Waals surface area (Å²) >= 11 is 6.26. The lowest BCUT2D eigenvalue weighted by molar-refractivity contribution is 0.0672. The molecular weight excluding hydrogens is 288 g/mol. The first-order valence-electron chi connectivity index (χ1n) is 7.69. The second-order valence-corrected chi connectivity index (χ2v) is 5.70. The number of ether oxygens (including phenoxy) is 1. The first-order valence-corrected chi connectivity index (χ1v) is 8.06. The van der Waals surface area contributed by atoms with Crippen LogP contribution in [0.5, 0.6) is 5.75 Å². The highest BCUT2D eigenvalue weighted by atomic mass is 35.5. The van der Waals surface area contributed by atoms with E-state index in [4.69, 9.17) is 16.3 Å². The Bertz CT molecular complexity index is 448. The van der Waals surface area contributed by atoms with Gasteiger partial charge in [-0.05, 0) is 31.2 Å². The van der Waals surface area contributed by atoms with E-state index in [0.29, 0.717) is 17.4 Å². The molecule has 0 bridgehead atoms. The minimum Gasteiger partial charge on any atom is -0.492 e. The van der Waals surface area contributed by atoms with E-state index in [1.807, 2.05) is 25.1 Å². The number of halogens is 1. The van der Waals surface area contributed by atoms with E-state index in [1.54, 1.807) is 0 Å². The predicted molar refractivity (Wildman–Crippen MR) is 86.1 cm³/mol. The summed E-state index contributed by atoms with van der Waals surface area (Å²) in [6.45, 7) is 9.98. The molecule has 4 nitrogen and oxygen atoms in total. The standard InChI is InChI=1S/C16H25ClN2O2/c1-3-18-7-9-19(10-8-18)15(12-20)13-5-6-16(21-4-2)14(17)11-13/h5-6,11,15,20H,3-4,7-10,12H2,1-2H3. The normalized spacial score (nSPS) is 18.7. The van der Waals surface area contributed by atoms with Crippen LogP contribution in [-0.2, 0) is 0 Å². The number of aliphatic hydroxyl groups is 1. The highest BCUT2D eigenvalue weighted by molar-refractivity contribution is 6.32. The fraction of sp³-hybridized carbons (Fsp3) is 0.625. The van der Waals surface area contributed by atoms with Crippen molar-refractivity contribution in [2.75, 3.05) is 45.9 Å². The van der Waals surface area contributed by atoms with Crippen molar-refractivity contribution >= 4 is 11.6 Å². The fourth-order valence-corrected chi connectivity index (χ4v) is 3.06. The highest BCUT2D eigenvalue weighted by Crippen LogP contribution is 2.30. The van der Waals surface area contributed by atoms with E-state index in [1.165, 1.54) is 0 Å². The molecule has 0 amide bonds. The van der Waals surface area contributed by atoms with Gasteiger partial charge in [0.15, 0.2) is 0 Å². The van der Waals surface area contributed by atoms with Crippen molar-refractivity contribution < 1.29 is 9.84 Å². The number of nitrogens with zero attached hydrogens (tertiary/aromatic N) is 2. The third-order valence-electron chi connectivity index (χ3n) is 4.11. The molecule has 1 saturated heterocycles. The van der Waals surface area contributed by atoms with E-state index in [9.17, 15) is 5.11 Å². The smallest absolute Gasteiger partial charge is 0.137 e. The van der Waals surface area contributed by atoms with Crippen LogP contribution in [0, 0.1) is 0 Å². The first kappa shape index (κ1) is 16.6. The van der Waals surface area contributed by atoms with Crippen LogP contribution in [0.2, 0.25) is 5.02 Å². The predicted octanol–water partition coefficient (Wildman–Crippen LogP) is 2.41. The maximum atomic E-state index is 9.79. The third kappa shape index (κ3) is 4.10. The van der Waals surface area contributed by atoms with E-state index in [0.717, 1.165) is 38.3 Å². The number of piperazine rings is 1. The molecular formula is C16H25ClN2O2. The first-order chi connectivity index (χ1) is 10.2. The van der Waals surface area contributed by atoms with Crippen LogP contribution in [0.4, 0.5) is 0 Å². The Kier molecular flexibility index (Phi) is 6.30. The second-order valence-electron chi connectivity index (χ2n) is 5.29. The molecule has 0 saturated carbocycles. The monoisotopic (exact) mass is 312 g/mol. The molecule has 1 aliphatic rings.